The molecule has 0 radical (unpaired) electrons. The van der Waals surface area contributed by atoms with Crippen LogP contribution in [0, 0.1) is 5.82 Å². The van der Waals surface area contributed by atoms with Gasteiger partial charge in [-0.1, -0.05) is 23.7 Å². The van der Waals surface area contributed by atoms with Gasteiger partial charge in [-0.15, -0.1) is 0 Å². The molecule has 0 aromatic heterocycles. The molecule has 0 aliphatic carbocycles. The molecule has 0 aliphatic rings. The molecule has 0 bridgehead atoms. The Morgan fingerprint density at radius 2 is 1.95 bits per heavy atom. The maximum absolute atomic E-state index is 13.3. The van der Waals surface area contributed by atoms with Gasteiger partial charge in [-0.25, -0.2) is 4.39 Å². The summed E-state index contributed by atoms with van der Waals surface area (Å²) in [5.41, 5.74) is 0.591. The van der Waals surface area contributed by atoms with Gasteiger partial charge >= 0.3 is 7.12 Å². The van der Waals surface area contributed by atoms with Crippen LogP contribution in [0.3, 0.4) is 0 Å². The van der Waals surface area contributed by atoms with Gasteiger partial charge in [-0.05, 0) is 41.4 Å². The van der Waals surface area contributed by atoms with Crippen LogP contribution in [0.1, 0.15) is 5.56 Å². The Hall–Kier alpha value is -1.56. The minimum absolute atomic E-state index is 0.0877. The van der Waals surface area contributed by atoms with Crippen LogP contribution in [0.5, 0.6) is 5.75 Å². The van der Waals surface area contributed by atoms with Gasteiger partial charge in [0.2, 0.25) is 0 Å². The predicted molar refractivity (Wildman–Crippen MR) is 72.0 cm³/mol. The molecule has 3 nitrogen and oxygen atoms in total. The Kier molecular flexibility index (Phi) is 4.42. The van der Waals surface area contributed by atoms with Crippen LogP contribution < -0.4 is 10.2 Å². The Bertz CT molecular complexity index is 578. The van der Waals surface area contributed by atoms with E-state index in [-0.39, 0.29) is 12.1 Å². The lowest BCUT2D eigenvalue weighted by Crippen LogP contribution is -2.30. The molecule has 0 saturated heterocycles. The van der Waals surface area contributed by atoms with Crippen LogP contribution in [0.2, 0.25) is 5.02 Å². The fourth-order valence-electron chi connectivity index (χ4n) is 1.63. The van der Waals surface area contributed by atoms with E-state index in [1.54, 1.807) is 24.3 Å². The summed E-state index contributed by atoms with van der Waals surface area (Å²) in [6.07, 6.45) is 0. The van der Waals surface area contributed by atoms with Crippen LogP contribution in [0.25, 0.3) is 0 Å². The average molecular weight is 280 g/mol. The molecule has 6 heteroatoms. The molecule has 2 aromatic rings. The lowest BCUT2D eigenvalue weighted by Gasteiger charge is -2.08. The highest BCUT2D eigenvalue weighted by atomic mass is 35.5. The average Bonchev–Trinajstić information content (AvgIpc) is 2.36. The first kappa shape index (κ1) is 13.9. The van der Waals surface area contributed by atoms with Crippen molar-refractivity contribution in [3.05, 3.63) is 58.9 Å². The maximum Gasteiger partial charge on any atom is 0.488 e. The van der Waals surface area contributed by atoms with E-state index in [4.69, 9.17) is 26.4 Å². The lowest BCUT2D eigenvalue weighted by atomic mass is 9.79. The SMILES string of the molecule is OB(O)c1cc(F)cc(COc2cccc(Cl)c2)c1. The van der Waals surface area contributed by atoms with Crippen molar-refractivity contribution < 1.29 is 19.2 Å². The van der Waals surface area contributed by atoms with Gasteiger partial charge in [0.05, 0.1) is 0 Å². The normalized spacial score (nSPS) is 10.3. The predicted octanol–water partition coefficient (Wildman–Crippen LogP) is 1.74. The second kappa shape index (κ2) is 6.06. The first-order valence-corrected chi connectivity index (χ1v) is 5.96. The lowest BCUT2D eigenvalue weighted by molar-refractivity contribution is 0.305. The molecule has 0 unspecified atom stereocenters. The van der Waals surface area contributed by atoms with Crippen molar-refractivity contribution in [2.45, 2.75) is 6.61 Å². The molecule has 98 valence electrons. The van der Waals surface area contributed by atoms with Crippen LogP contribution in [0.15, 0.2) is 42.5 Å². The largest absolute Gasteiger partial charge is 0.489 e. The van der Waals surface area contributed by atoms with Crippen molar-refractivity contribution in [3.63, 3.8) is 0 Å². The van der Waals surface area contributed by atoms with E-state index >= 15 is 0 Å². The van der Waals surface area contributed by atoms with Gasteiger partial charge in [0.25, 0.3) is 0 Å². The summed E-state index contributed by atoms with van der Waals surface area (Å²) < 4.78 is 18.7. The van der Waals surface area contributed by atoms with Gasteiger partial charge in [0.15, 0.2) is 0 Å². The number of hydrogen-bond donors (Lipinski definition) is 2. The van der Waals surface area contributed by atoms with E-state index in [1.807, 2.05) is 0 Å². The summed E-state index contributed by atoms with van der Waals surface area (Å²) in [6, 6.07) is 10.6. The number of hydrogen-bond acceptors (Lipinski definition) is 3. The fraction of sp³-hybridized carbons (Fsp3) is 0.0769. The summed E-state index contributed by atoms with van der Waals surface area (Å²) in [5, 5.41) is 18.6. The Morgan fingerprint density at radius 1 is 1.16 bits per heavy atom. The molecule has 2 rings (SSSR count). The van der Waals surface area contributed by atoms with Gasteiger partial charge in [0.1, 0.15) is 18.2 Å². The Balaban J connectivity index is 2.11. The van der Waals surface area contributed by atoms with Crippen molar-refractivity contribution in [1.29, 1.82) is 0 Å². The van der Waals surface area contributed by atoms with E-state index < -0.39 is 12.9 Å². The molecule has 0 atom stereocenters. The molecular weight excluding hydrogens is 269 g/mol. The topological polar surface area (TPSA) is 49.7 Å². The first-order chi connectivity index (χ1) is 9.04. The second-order valence-electron chi connectivity index (χ2n) is 4.01. The summed E-state index contributed by atoms with van der Waals surface area (Å²) in [6.45, 7) is 0.109. The monoisotopic (exact) mass is 280 g/mol. The molecule has 0 fully saturated rings. The van der Waals surface area contributed by atoms with E-state index in [1.165, 1.54) is 12.1 Å². The third kappa shape index (κ3) is 3.96. The summed E-state index contributed by atoms with van der Waals surface area (Å²) in [7, 11) is -1.71. The van der Waals surface area contributed by atoms with Gasteiger partial charge in [0, 0.05) is 5.02 Å². The van der Waals surface area contributed by atoms with Gasteiger partial charge in [-0.3, -0.25) is 0 Å². The van der Waals surface area contributed by atoms with Crippen LogP contribution >= 0.6 is 11.6 Å². The quantitative estimate of drug-likeness (QED) is 0.839. The van der Waals surface area contributed by atoms with E-state index in [0.29, 0.717) is 16.3 Å². The number of benzene rings is 2. The standard InChI is InChI=1S/C13H11BClFO3/c15-11-2-1-3-13(7-11)19-8-9-4-10(14(17)18)6-12(16)5-9/h1-7,17-18H,8H2. The zero-order chi connectivity index (χ0) is 13.8. The van der Waals surface area contributed by atoms with Crippen molar-refractivity contribution in [1.82, 2.24) is 0 Å². The van der Waals surface area contributed by atoms with E-state index in [2.05, 4.69) is 0 Å². The molecule has 2 N–H and O–H groups in total. The second-order valence-corrected chi connectivity index (χ2v) is 4.45. The molecule has 2 aromatic carbocycles. The van der Waals surface area contributed by atoms with Crippen LogP contribution in [0.4, 0.5) is 4.39 Å². The van der Waals surface area contributed by atoms with Crippen molar-refractivity contribution >= 4 is 24.2 Å². The fourth-order valence-corrected chi connectivity index (χ4v) is 1.81. The highest BCUT2D eigenvalue weighted by molar-refractivity contribution is 6.58. The highest BCUT2D eigenvalue weighted by Crippen LogP contribution is 2.18. The maximum atomic E-state index is 13.3. The molecular formula is C13H11BClFO3. The molecule has 0 spiro atoms. The number of rotatable bonds is 4. The molecule has 0 saturated carbocycles. The van der Waals surface area contributed by atoms with Crippen molar-refractivity contribution in [2.75, 3.05) is 0 Å². The highest BCUT2D eigenvalue weighted by Gasteiger charge is 2.13. The third-order valence-electron chi connectivity index (χ3n) is 2.48. The summed E-state index contributed by atoms with van der Waals surface area (Å²) >= 11 is 5.81. The number of halogens is 2. The molecule has 19 heavy (non-hydrogen) atoms. The smallest absolute Gasteiger partial charge is 0.488 e. The zero-order valence-corrected chi connectivity index (χ0v) is 10.6. The first-order valence-electron chi connectivity index (χ1n) is 5.58. The Morgan fingerprint density at radius 3 is 2.63 bits per heavy atom. The van der Waals surface area contributed by atoms with Gasteiger partial charge < -0.3 is 14.8 Å². The van der Waals surface area contributed by atoms with E-state index in [9.17, 15) is 4.39 Å². The molecule has 0 amide bonds. The van der Waals surface area contributed by atoms with Crippen molar-refractivity contribution in [3.8, 4) is 5.75 Å². The minimum atomic E-state index is -1.71. The zero-order valence-electron chi connectivity index (χ0n) is 9.88. The summed E-state index contributed by atoms with van der Waals surface area (Å²) in [5.74, 6) is 0.0122. The summed E-state index contributed by atoms with van der Waals surface area (Å²) in [4.78, 5) is 0. The van der Waals surface area contributed by atoms with E-state index in [0.717, 1.165) is 6.07 Å². The van der Waals surface area contributed by atoms with Crippen LogP contribution in [-0.4, -0.2) is 17.2 Å². The number of ether oxygens (including phenoxy) is 1. The Labute approximate surface area is 115 Å². The van der Waals surface area contributed by atoms with Crippen LogP contribution in [-0.2, 0) is 6.61 Å². The third-order valence-corrected chi connectivity index (χ3v) is 2.71. The molecule has 0 aliphatic heterocycles. The van der Waals surface area contributed by atoms with Gasteiger partial charge in [-0.2, -0.15) is 0 Å². The molecule has 0 heterocycles. The van der Waals surface area contributed by atoms with Crippen molar-refractivity contribution in [2.24, 2.45) is 0 Å². The minimum Gasteiger partial charge on any atom is -0.489 e.